The molecule has 3 aromatic rings. The number of anilines is 1. The average Bonchev–Trinajstić information content (AvgIpc) is 2.79. The summed E-state index contributed by atoms with van der Waals surface area (Å²) in [5.41, 5.74) is 6.95. The number of nitrogens with zero attached hydrogens (tertiary/aromatic N) is 1. The summed E-state index contributed by atoms with van der Waals surface area (Å²) in [5.74, 6) is 0.158. The monoisotopic (exact) mass is 462 g/mol. The number of nitrogens with one attached hydrogen (secondary N) is 1. The smallest absolute Gasteiger partial charge is 0.254 e. The third-order valence-corrected chi connectivity index (χ3v) is 6.52. The standard InChI is InChI=1S/C29H34N2O.ClH/c1-4-24-12-8-9-13-28(24)30-26-14-15-31(27(20-26)19-23-10-6-5-7-11-23)29(32)25-17-21(2)16-22(3)18-25;/h5-13,16-18,26-27,30H,4,14-15,19-20H2,1-3H3;1H/t26-,27-;/m0./s1. The van der Waals surface area contributed by atoms with Gasteiger partial charge in [0.25, 0.3) is 5.91 Å². The molecule has 2 atom stereocenters. The summed E-state index contributed by atoms with van der Waals surface area (Å²) in [6.07, 6.45) is 3.80. The second-order valence-electron chi connectivity index (χ2n) is 9.09. The first kappa shape index (κ1) is 24.9. The number of halogens is 1. The fraction of sp³-hybridized carbons (Fsp3) is 0.345. The number of para-hydroxylation sites is 1. The molecule has 1 aliphatic rings. The molecule has 33 heavy (non-hydrogen) atoms. The van der Waals surface area contributed by atoms with Crippen LogP contribution in [0, 0.1) is 13.8 Å². The molecule has 0 aliphatic carbocycles. The molecule has 0 radical (unpaired) electrons. The fourth-order valence-corrected chi connectivity index (χ4v) is 4.98. The molecule has 1 N–H and O–H groups in total. The van der Waals surface area contributed by atoms with E-state index in [-0.39, 0.29) is 24.4 Å². The minimum absolute atomic E-state index is 0. The molecule has 4 heteroatoms. The average molecular weight is 463 g/mol. The first-order valence-corrected chi connectivity index (χ1v) is 11.8. The SMILES string of the molecule is CCc1ccccc1N[C@H]1CCN(C(=O)c2cc(C)cc(C)c2)[C@@H](Cc2ccccc2)C1.Cl. The number of amides is 1. The van der Waals surface area contributed by atoms with Gasteiger partial charge in [-0.1, -0.05) is 72.6 Å². The predicted octanol–water partition coefficient (Wildman–Crippen LogP) is 6.62. The molecule has 0 unspecified atom stereocenters. The summed E-state index contributed by atoms with van der Waals surface area (Å²) in [7, 11) is 0. The van der Waals surface area contributed by atoms with Crippen LogP contribution >= 0.6 is 12.4 Å². The van der Waals surface area contributed by atoms with Gasteiger partial charge in [-0.2, -0.15) is 0 Å². The molecule has 3 aromatic carbocycles. The van der Waals surface area contributed by atoms with E-state index in [2.05, 4.69) is 91.7 Å². The van der Waals surface area contributed by atoms with Crippen molar-refractivity contribution in [1.29, 1.82) is 0 Å². The van der Waals surface area contributed by atoms with E-state index in [1.54, 1.807) is 0 Å². The lowest BCUT2D eigenvalue weighted by atomic mass is 9.90. The van der Waals surface area contributed by atoms with Crippen LogP contribution < -0.4 is 5.32 Å². The number of hydrogen-bond acceptors (Lipinski definition) is 2. The van der Waals surface area contributed by atoms with E-state index < -0.39 is 0 Å². The Balaban J connectivity index is 0.00000306. The quantitative estimate of drug-likeness (QED) is 0.446. The molecule has 174 valence electrons. The lowest BCUT2D eigenvalue weighted by molar-refractivity contribution is 0.0602. The van der Waals surface area contributed by atoms with Gasteiger partial charge in [0.05, 0.1) is 0 Å². The first-order valence-electron chi connectivity index (χ1n) is 11.8. The fourth-order valence-electron chi connectivity index (χ4n) is 4.98. The third-order valence-electron chi connectivity index (χ3n) is 6.52. The van der Waals surface area contributed by atoms with Crippen molar-refractivity contribution in [2.75, 3.05) is 11.9 Å². The molecule has 1 fully saturated rings. The maximum absolute atomic E-state index is 13.6. The Morgan fingerprint density at radius 3 is 2.33 bits per heavy atom. The topological polar surface area (TPSA) is 32.3 Å². The molecule has 1 aliphatic heterocycles. The van der Waals surface area contributed by atoms with Gasteiger partial charge in [0.15, 0.2) is 0 Å². The summed E-state index contributed by atoms with van der Waals surface area (Å²) < 4.78 is 0. The summed E-state index contributed by atoms with van der Waals surface area (Å²) in [6.45, 7) is 7.10. The second kappa shape index (κ2) is 11.4. The van der Waals surface area contributed by atoms with Crippen LogP contribution in [0.1, 0.15) is 52.4 Å². The lowest BCUT2D eigenvalue weighted by Gasteiger charge is -2.40. The second-order valence-corrected chi connectivity index (χ2v) is 9.09. The van der Waals surface area contributed by atoms with E-state index in [4.69, 9.17) is 0 Å². The normalized spacial score (nSPS) is 17.8. The highest BCUT2D eigenvalue weighted by molar-refractivity contribution is 5.95. The van der Waals surface area contributed by atoms with Gasteiger partial charge in [-0.15, -0.1) is 12.4 Å². The van der Waals surface area contributed by atoms with E-state index >= 15 is 0 Å². The van der Waals surface area contributed by atoms with Crippen LogP contribution in [0.5, 0.6) is 0 Å². The number of carbonyl (C=O) groups is 1. The largest absolute Gasteiger partial charge is 0.382 e. The minimum Gasteiger partial charge on any atom is -0.382 e. The van der Waals surface area contributed by atoms with E-state index in [1.807, 2.05) is 12.1 Å². The van der Waals surface area contributed by atoms with Crippen LogP contribution in [0.15, 0.2) is 72.8 Å². The molecule has 0 bridgehead atoms. The zero-order valence-corrected chi connectivity index (χ0v) is 20.7. The summed E-state index contributed by atoms with van der Waals surface area (Å²) in [6, 6.07) is 25.8. The van der Waals surface area contributed by atoms with Gasteiger partial charge in [-0.3, -0.25) is 4.79 Å². The van der Waals surface area contributed by atoms with Crippen LogP contribution in [0.2, 0.25) is 0 Å². The van der Waals surface area contributed by atoms with Gasteiger partial charge in [-0.25, -0.2) is 0 Å². The van der Waals surface area contributed by atoms with Gasteiger partial charge >= 0.3 is 0 Å². The van der Waals surface area contributed by atoms with Gasteiger partial charge in [-0.05, 0) is 68.9 Å². The highest BCUT2D eigenvalue weighted by Gasteiger charge is 2.32. The molecule has 0 aromatic heterocycles. The Morgan fingerprint density at radius 2 is 1.64 bits per heavy atom. The zero-order valence-electron chi connectivity index (χ0n) is 19.9. The van der Waals surface area contributed by atoms with Gasteiger partial charge in [0.1, 0.15) is 0 Å². The van der Waals surface area contributed by atoms with Crippen LogP contribution in [0.4, 0.5) is 5.69 Å². The number of carbonyl (C=O) groups excluding carboxylic acids is 1. The Kier molecular flexibility index (Phi) is 8.57. The van der Waals surface area contributed by atoms with Crippen molar-refractivity contribution in [3.63, 3.8) is 0 Å². The van der Waals surface area contributed by atoms with Crippen LogP contribution in [-0.2, 0) is 12.8 Å². The Labute approximate surface area is 204 Å². The number of likely N-dealkylation sites (tertiary alicyclic amines) is 1. The van der Waals surface area contributed by atoms with Crippen molar-refractivity contribution in [2.45, 2.75) is 58.5 Å². The molecule has 0 spiro atoms. The van der Waals surface area contributed by atoms with Crippen molar-refractivity contribution < 1.29 is 4.79 Å². The molecular weight excluding hydrogens is 428 g/mol. The van der Waals surface area contributed by atoms with Crippen molar-refractivity contribution in [3.05, 3.63) is 101 Å². The van der Waals surface area contributed by atoms with E-state index in [0.29, 0.717) is 6.04 Å². The maximum Gasteiger partial charge on any atom is 0.254 e. The van der Waals surface area contributed by atoms with Crippen LogP contribution in [0.25, 0.3) is 0 Å². The van der Waals surface area contributed by atoms with Crippen molar-refractivity contribution >= 4 is 24.0 Å². The van der Waals surface area contributed by atoms with Crippen LogP contribution in [-0.4, -0.2) is 29.4 Å². The zero-order chi connectivity index (χ0) is 22.5. The van der Waals surface area contributed by atoms with E-state index in [1.165, 1.54) is 16.8 Å². The predicted molar refractivity (Wildman–Crippen MR) is 141 cm³/mol. The number of hydrogen-bond donors (Lipinski definition) is 1. The number of piperidine rings is 1. The highest BCUT2D eigenvalue weighted by atomic mass is 35.5. The Bertz CT molecular complexity index is 1050. The maximum atomic E-state index is 13.6. The molecule has 1 amide bonds. The van der Waals surface area contributed by atoms with Crippen molar-refractivity contribution in [3.8, 4) is 0 Å². The molecule has 4 rings (SSSR count). The molecular formula is C29H35ClN2O. The highest BCUT2D eigenvalue weighted by Crippen LogP contribution is 2.27. The number of benzene rings is 3. The summed E-state index contributed by atoms with van der Waals surface area (Å²) in [5, 5.41) is 3.80. The van der Waals surface area contributed by atoms with Gasteiger partial charge in [0.2, 0.25) is 0 Å². The number of aryl methyl sites for hydroxylation is 3. The summed E-state index contributed by atoms with van der Waals surface area (Å²) in [4.78, 5) is 15.7. The van der Waals surface area contributed by atoms with Crippen LogP contribution in [0.3, 0.4) is 0 Å². The molecule has 1 heterocycles. The minimum atomic E-state index is 0. The Hall–Kier alpha value is -2.78. The third kappa shape index (κ3) is 6.17. The van der Waals surface area contributed by atoms with E-state index in [0.717, 1.165) is 48.9 Å². The van der Waals surface area contributed by atoms with Crippen molar-refractivity contribution in [1.82, 2.24) is 4.90 Å². The molecule has 0 saturated carbocycles. The van der Waals surface area contributed by atoms with E-state index in [9.17, 15) is 4.79 Å². The first-order chi connectivity index (χ1) is 15.5. The number of rotatable bonds is 6. The summed E-state index contributed by atoms with van der Waals surface area (Å²) >= 11 is 0. The van der Waals surface area contributed by atoms with Gasteiger partial charge < -0.3 is 10.2 Å². The van der Waals surface area contributed by atoms with Crippen molar-refractivity contribution in [2.24, 2.45) is 0 Å². The Morgan fingerprint density at radius 1 is 0.970 bits per heavy atom. The lowest BCUT2D eigenvalue weighted by Crippen LogP contribution is -2.50. The molecule has 1 saturated heterocycles. The van der Waals surface area contributed by atoms with Gasteiger partial charge in [0, 0.05) is 29.9 Å². The molecule has 3 nitrogen and oxygen atoms in total.